The third kappa shape index (κ3) is 2.72. The largest absolute Gasteiger partial charge is 0.310 e. The molecule has 1 heterocycles. The Labute approximate surface area is 109 Å². The molecule has 1 N–H and O–H groups in total. The summed E-state index contributed by atoms with van der Waals surface area (Å²) in [5, 5.41) is 4.33. The van der Waals surface area contributed by atoms with Crippen molar-refractivity contribution in [2.24, 2.45) is 11.8 Å². The van der Waals surface area contributed by atoms with Gasteiger partial charge in [-0.25, -0.2) is 0 Å². The topological polar surface area (TPSA) is 12.0 Å². The van der Waals surface area contributed by atoms with Gasteiger partial charge < -0.3 is 5.32 Å². The lowest BCUT2D eigenvalue weighted by molar-refractivity contribution is 0.358. The highest BCUT2D eigenvalue weighted by Gasteiger charge is 2.27. The van der Waals surface area contributed by atoms with E-state index in [9.17, 15) is 0 Å². The molecule has 1 aromatic rings. The van der Waals surface area contributed by atoms with E-state index >= 15 is 0 Å². The van der Waals surface area contributed by atoms with Gasteiger partial charge in [0.05, 0.1) is 0 Å². The summed E-state index contributed by atoms with van der Waals surface area (Å²) < 4.78 is 0. The van der Waals surface area contributed by atoms with Gasteiger partial charge >= 0.3 is 0 Å². The Hall–Kier alpha value is -0.790. The zero-order valence-electron chi connectivity index (χ0n) is 10.7. The van der Waals surface area contributed by atoms with Crippen molar-refractivity contribution in [3.63, 3.8) is 0 Å². The Kier molecular flexibility index (Phi) is 3.90. The first-order valence-corrected chi connectivity index (χ1v) is 6.66. The predicted molar refractivity (Wildman–Crippen MR) is 75.2 cm³/mol. The van der Waals surface area contributed by atoms with Crippen molar-refractivity contribution >= 4 is 17.2 Å². The number of halogens is 1. The molecule has 92 valence electrons. The molecule has 0 fully saturated rings. The molecule has 1 aliphatic rings. The average molecular weight is 250 g/mol. The highest BCUT2D eigenvalue weighted by Crippen LogP contribution is 2.34. The molecule has 0 spiro atoms. The van der Waals surface area contributed by atoms with Gasteiger partial charge in [-0.05, 0) is 36.1 Å². The molecule has 1 nitrogen and oxygen atoms in total. The predicted octanol–water partition coefficient (Wildman–Crippen LogP) is 3.99. The summed E-state index contributed by atoms with van der Waals surface area (Å²) in [6, 6.07) is 8.73. The molecule has 2 heteroatoms. The average Bonchev–Trinajstić information content (AvgIpc) is 2.29. The van der Waals surface area contributed by atoms with Crippen molar-refractivity contribution in [1.82, 2.24) is 5.32 Å². The van der Waals surface area contributed by atoms with Crippen LogP contribution in [0.1, 0.15) is 26.3 Å². The first-order valence-electron chi connectivity index (χ1n) is 6.29. The van der Waals surface area contributed by atoms with Gasteiger partial charge in [0, 0.05) is 23.5 Å². The number of hydrogen-bond donors (Lipinski definition) is 1. The molecular weight excluding hydrogens is 230 g/mol. The van der Waals surface area contributed by atoms with E-state index in [4.69, 9.17) is 11.6 Å². The molecule has 0 saturated carbocycles. The molecule has 0 saturated heterocycles. The van der Waals surface area contributed by atoms with Crippen LogP contribution >= 0.6 is 11.6 Å². The summed E-state index contributed by atoms with van der Waals surface area (Å²) in [6.45, 7) is 7.81. The Morgan fingerprint density at radius 3 is 2.47 bits per heavy atom. The van der Waals surface area contributed by atoms with Crippen LogP contribution in [-0.2, 0) is 0 Å². The quantitative estimate of drug-likeness (QED) is 0.836. The third-order valence-corrected chi connectivity index (χ3v) is 3.81. The van der Waals surface area contributed by atoms with Gasteiger partial charge in [0.25, 0.3) is 0 Å². The van der Waals surface area contributed by atoms with E-state index in [1.165, 1.54) is 11.1 Å². The van der Waals surface area contributed by atoms with E-state index < -0.39 is 0 Å². The third-order valence-electron chi connectivity index (χ3n) is 3.56. The molecule has 2 atom stereocenters. The SMILES string of the molecule is CC(C)C1C(c2ccc(Cl)cc2)=CCNC1C. The minimum atomic E-state index is 0.533. The number of benzene rings is 1. The van der Waals surface area contributed by atoms with Gasteiger partial charge in [-0.1, -0.05) is 43.7 Å². The van der Waals surface area contributed by atoms with Crippen molar-refractivity contribution in [2.75, 3.05) is 6.54 Å². The van der Waals surface area contributed by atoms with Crippen LogP contribution in [0.15, 0.2) is 30.3 Å². The van der Waals surface area contributed by atoms with Crippen LogP contribution in [0.25, 0.3) is 5.57 Å². The van der Waals surface area contributed by atoms with Crippen LogP contribution in [0.5, 0.6) is 0 Å². The summed E-state index contributed by atoms with van der Waals surface area (Å²) in [4.78, 5) is 0. The highest BCUT2D eigenvalue weighted by molar-refractivity contribution is 6.30. The lowest BCUT2D eigenvalue weighted by Crippen LogP contribution is -2.40. The summed E-state index contributed by atoms with van der Waals surface area (Å²) in [5.74, 6) is 1.21. The van der Waals surface area contributed by atoms with E-state index in [0.717, 1.165) is 11.6 Å². The normalized spacial score (nSPS) is 24.9. The van der Waals surface area contributed by atoms with Crippen LogP contribution in [0.2, 0.25) is 5.02 Å². The van der Waals surface area contributed by atoms with Crippen LogP contribution < -0.4 is 5.32 Å². The van der Waals surface area contributed by atoms with Gasteiger partial charge in [-0.15, -0.1) is 0 Å². The molecule has 0 bridgehead atoms. The zero-order valence-corrected chi connectivity index (χ0v) is 11.5. The second-order valence-corrected chi connectivity index (χ2v) is 5.57. The number of nitrogens with one attached hydrogen (secondary N) is 1. The van der Waals surface area contributed by atoms with Crippen molar-refractivity contribution < 1.29 is 0 Å². The maximum atomic E-state index is 5.95. The van der Waals surface area contributed by atoms with Gasteiger partial charge in [0.2, 0.25) is 0 Å². The van der Waals surface area contributed by atoms with Crippen molar-refractivity contribution in [3.8, 4) is 0 Å². The number of hydrogen-bond acceptors (Lipinski definition) is 1. The lowest BCUT2D eigenvalue weighted by Gasteiger charge is -2.34. The first-order chi connectivity index (χ1) is 8.09. The van der Waals surface area contributed by atoms with Crippen LogP contribution in [0.3, 0.4) is 0 Å². The molecule has 0 aliphatic carbocycles. The molecule has 1 aromatic carbocycles. The van der Waals surface area contributed by atoms with E-state index in [0.29, 0.717) is 17.9 Å². The fourth-order valence-electron chi connectivity index (χ4n) is 2.78. The summed E-state index contributed by atoms with van der Waals surface area (Å²) in [5.41, 5.74) is 2.77. The van der Waals surface area contributed by atoms with Crippen LogP contribution in [0, 0.1) is 11.8 Å². The Morgan fingerprint density at radius 1 is 1.24 bits per heavy atom. The lowest BCUT2D eigenvalue weighted by atomic mass is 9.78. The Balaban J connectivity index is 2.35. The molecular formula is C15H20ClN. The molecule has 2 unspecified atom stereocenters. The Morgan fingerprint density at radius 2 is 1.88 bits per heavy atom. The fourth-order valence-corrected chi connectivity index (χ4v) is 2.90. The Bertz CT molecular complexity index is 405. The van der Waals surface area contributed by atoms with E-state index in [1.54, 1.807) is 0 Å². The van der Waals surface area contributed by atoms with Crippen molar-refractivity contribution in [2.45, 2.75) is 26.8 Å². The van der Waals surface area contributed by atoms with Crippen molar-refractivity contribution in [1.29, 1.82) is 0 Å². The van der Waals surface area contributed by atoms with E-state index in [-0.39, 0.29) is 0 Å². The maximum Gasteiger partial charge on any atom is 0.0406 e. The molecule has 17 heavy (non-hydrogen) atoms. The summed E-state index contributed by atoms with van der Waals surface area (Å²) >= 11 is 5.95. The minimum Gasteiger partial charge on any atom is -0.310 e. The van der Waals surface area contributed by atoms with Crippen molar-refractivity contribution in [3.05, 3.63) is 40.9 Å². The number of rotatable bonds is 2. The molecule has 0 aromatic heterocycles. The standard InChI is InChI=1S/C15H20ClN/c1-10(2)15-11(3)17-9-8-14(15)12-4-6-13(16)7-5-12/h4-8,10-11,15,17H,9H2,1-3H3. The first kappa shape index (κ1) is 12.7. The van der Waals surface area contributed by atoms with Gasteiger partial charge in [-0.2, -0.15) is 0 Å². The summed E-state index contributed by atoms with van der Waals surface area (Å²) in [7, 11) is 0. The van der Waals surface area contributed by atoms with Gasteiger partial charge in [0.15, 0.2) is 0 Å². The maximum absolute atomic E-state index is 5.95. The highest BCUT2D eigenvalue weighted by atomic mass is 35.5. The second kappa shape index (κ2) is 5.24. The van der Waals surface area contributed by atoms with Crippen LogP contribution in [-0.4, -0.2) is 12.6 Å². The molecule has 2 rings (SSSR count). The summed E-state index contributed by atoms with van der Waals surface area (Å²) in [6.07, 6.45) is 2.31. The molecule has 1 aliphatic heterocycles. The van der Waals surface area contributed by atoms with E-state index in [1.807, 2.05) is 12.1 Å². The fraction of sp³-hybridized carbons (Fsp3) is 0.467. The zero-order chi connectivity index (χ0) is 12.4. The smallest absolute Gasteiger partial charge is 0.0406 e. The molecule has 0 amide bonds. The van der Waals surface area contributed by atoms with Crippen LogP contribution in [0.4, 0.5) is 0 Å². The van der Waals surface area contributed by atoms with Gasteiger partial charge in [-0.3, -0.25) is 0 Å². The minimum absolute atomic E-state index is 0.533. The van der Waals surface area contributed by atoms with E-state index in [2.05, 4.69) is 44.3 Å². The second-order valence-electron chi connectivity index (χ2n) is 5.13. The van der Waals surface area contributed by atoms with Gasteiger partial charge in [0.1, 0.15) is 0 Å². The monoisotopic (exact) mass is 249 g/mol. The molecule has 0 radical (unpaired) electrons.